The topological polar surface area (TPSA) is 37.4 Å². The van der Waals surface area contributed by atoms with Gasteiger partial charge in [-0.2, -0.15) is 0 Å². The highest BCUT2D eigenvalue weighted by Gasteiger charge is 2.28. The smallest absolute Gasteiger partial charge is 0.200 e. The second kappa shape index (κ2) is 4.37. The van der Waals surface area contributed by atoms with Crippen molar-refractivity contribution in [2.45, 2.75) is 17.7 Å². The maximum Gasteiger partial charge on any atom is 0.200 e. The molecule has 96 valence electrons. The number of rotatable bonds is 2. The zero-order valence-electron chi connectivity index (χ0n) is 9.89. The molecule has 3 nitrogen and oxygen atoms in total. The lowest BCUT2D eigenvalue weighted by Gasteiger charge is -2.15. The zero-order chi connectivity index (χ0) is 12.8. The summed E-state index contributed by atoms with van der Waals surface area (Å²) in [7, 11) is -3.26. The lowest BCUT2D eigenvalue weighted by Crippen LogP contribution is -2.21. The lowest BCUT2D eigenvalue weighted by atomic mass is 10.1. The van der Waals surface area contributed by atoms with Gasteiger partial charge in [0.15, 0.2) is 0 Å². The van der Waals surface area contributed by atoms with Gasteiger partial charge >= 0.3 is 0 Å². The van der Waals surface area contributed by atoms with E-state index in [-0.39, 0.29) is 0 Å². The molecule has 0 saturated carbocycles. The quantitative estimate of drug-likeness (QED) is 0.837. The highest BCUT2D eigenvalue weighted by molar-refractivity contribution is 7.95. The van der Waals surface area contributed by atoms with Crippen molar-refractivity contribution in [3.63, 3.8) is 0 Å². The number of nitrogens with zero attached hydrogens (tertiary/aromatic N) is 1. The van der Waals surface area contributed by atoms with Crippen LogP contribution in [0.1, 0.15) is 18.4 Å². The van der Waals surface area contributed by atoms with Crippen LogP contribution in [0.25, 0.3) is 5.57 Å². The van der Waals surface area contributed by atoms with Gasteiger partial charge in [-0.15, -0.1) is 0 Å². The summed E-state index contributed by atoms with van der Waals surface area (Å²) in [6.07, 6.45) is 2.39. The molecule has 2 heterocycles. The van der Waals surface area contributed by atoms with Crippen molar-refractivity contribution in [3.8, 4) is 0 Å². The zero-order valence-corrected chi connectivity index (χ0v) is 11.5. The number of benzene rings is 1. The number of sulfone groups is 1. The van der Waals surface area contributed by atoms with Crippen molar-refractivity contribution in [2.24, 2.45) is 0 Å². The Bertz CT molecular complexity index is 616. The van der Waals surface area contributed by atoms with Gasteiger partial charge in [0.1, 0.15) is 0 Å². The summed E-state index contributed by atoms with van der Waals surface area (Å²) >= 11 is 5.96. The van der Waals surface area contributed by atoms with Crippen LogP contribution in [0.15, 0.2) is 28.5 Å². The number of hydrogen-bond acceptors (Lipinski definition) is 3. The third kappa shape index (κ3) is 2.09. The van der Waals surface area contributed by atoms with E-state index in [2.05, 4.69) is 4.90 Å². The van der Waals surface area contributed by atoms with Crippen LogP contribution in [0.2, 0.25) is 5.02 Å². The van der Waals surface area contributed by atoms with E-state index >= 15 is 0 Å². The van der Waals surface area contributed by atoms with Crippen molar-refractivity contribution >= 4 is 27.0 Å². The average Bonchev–Trinajstić information content (AvgIpc) is 2.87. The Hall–Kier alpha value is -0.840. The first-order valence-corrected chi connectivity index (χ1v) is 7.97. The second-order valence-corrected chi connectivity index (χ2v) is 7.01. The van der Waals surface area contributed by atoms with Gasteiger partial charge in [-0.1, -0.05) is 11.6 Å². The first-order chi connectivity index (χ1) is 8.56. The average molecular weight is 284 g/mol. The van der Waals surface area contributed by atoms with Crippen LogP contribution < -0.4 is 0 Å². The summed E-state index contributed by atoms with van der Waals surface area (Å²) < 4.78 is 24.0. The van der Waals surface area contributed by atoms with Gasteiger partial charge in [0.25, 0.3) is 0 Å². The molecular formula is C13H14ClNO2S. The van der Waals surface area contributed by atoms with Gasteiger partial charge in [-0.25, -0.2) is 8.42 Å². The van der Waals surface area contributed by atoms with Crippen LogP contribution in [0.4, 0.5) is 0 Å². The summed E-state index contributed by atoms with van der Waals surface area (Å²) in [4.78, 5) is 2.68. The molecule has 0 N–H and O–H groups in total. The molecule has 2 aliphatic rings. The standard InChI is InChI=1S/C13H14ClNO2S/c14-11-3-4-13-12(7-11)10(9-18(13,16)17)8-15-5-1-2-6-15/h3-4,7,9H,1-2,5-6,8H2. The highest BCUT2D eigenvalue weighted by atomic mass is 35.5. The fraction of sp³-hybridized carbons (Fsp3) is 0.385. The second-order valence-electron chi connectivity index (χ2n) is 4.81. The van der Waals surface area contributed by atoms with Crippen LogP contribution in [0.5, 0.6) is 0 Å². The molecule has 1 aromatic carbocycles. The molecular weight excluding hydrogens is 270 g/mol. The van der Waals surface area contributed by atoms with Gasteiger partial charge in [0, 0.05) is 22.5 Å². The molecule has 0 spiro atoms. The van der Waals surface area contributed by atoms with Crippen LogP contribution in [0, 0.1) is 0 Å². The van der Waals surface area contributed by atoms with E-state index in [0.29, 0.717) is 16.5 Å². The third-order valence-electron chi connectivity index (χ3n) is 3.48. The fourth-order valence-electron chi connectivity index (χ4n) is 2.62. The Kier molecular flexibility index (Phi) is 2.96. The van der Waals surface area contributed by atoms with E-state index in [1.165, 1.54) is 18.2 Å². The number of hydrogen-bond donors (Lipinski definition) is 0. The Morgan fingerprint density at radius 2 is 1.94 bits per heavy atom. The van der Waals surface area contributed by atoms with E-state index in [1.54, 1.807) is 18.2 Å². The number of halogens is 1. The first-order valence-electron chi connectivity index (χ1n) is 6.04. The molecule has 0 unspecified atom stereocenters. The minimum atomic E-state index is -3.26. The van der Waals surface area contributed by atoms with Crippen LogP contribution in [0.3, 0.4) is 0 Å². The van der Waals surface area contributed by atoms with E-state index in [9.17, 15) is 8.42 Å². The molecule has 2 aliphatic heterocycles. The Morgan fingerprint density at radius 3 is 2.67 bits per heavy atom. The molecule has 1 saturated heterocycles. The predicted octanol–water partition coefficient (Wildman–Crippen LogP) is 2.56. The van der Waals surface area contributed by atoms with Gasteiger partial charge in [0.05, 0.1) is 4.90 Å². The largest absolute Gasteiger partial charge is 0.299 e. The minimum Gasteiger partial charge on any atom is -0.299 e. The van der Waals surface area contributed by atoms with E-state index in [1.807, 2.05) is 0 Å². The normalized spacial score (nSPS) is 21.9. The molecule has 0 aliphatic carbocycles. The highest BCUT2D eigenvalue weighted by Crippen LogP contribution is 2.35. The molecule has 0 atom stereocenters. The van der Waals surface area contributed by atoms with Gasteiger partial charge in [-0.05, 0) is 49.7 Å². The van der Waals surface area contributed by atoms with Crippen molar-refractivity contribution < 1.29 is 8.42 Å². The summed E-state index contributed by atoms with van der Waals surface area (Å²) in [6.45, 7) is 2.80. The van der Waals surface area contributed by atoms with Crippen molar-refractivity contribution in [1.82, 2.24) is 4.90 Å². The Balaban J connectivity index is 1.99. The first kappa shape index (κ1) is 12.2. The molecule has 0 bridgehead atoms. The van der Waals surface area contributed by atoms with E-state index in [4.69, 9.17) is 11.6 Å². The molecule has 0 amide bonds. The molecule has 1 aromatic rings. The van der Waals surface area contributed by atoms with Crippen LogP contribution >= 0.6 is 11.6 Å². The monoisotopic (exact) mass is 283 g/mol. The molecule has 18 heavy (non-hydrogen) atoms. The predicted molar refractivity (Wildman–Crippen MR) is 72.3 cm³/mol. The van der Waals surface area contributed by atoms with Crippen molar-refractivity contribution in [1.29, 1.82) is 0 Å². The summed E-state index contributed by atoms with van der Waals surface area (Å²) in [5.41, 5.74) is 1.64. The third-order valence-corrected chi connectivity index (χ3v) is 5.28. The molecule has 1 fully saturated rings. The van der Waals surface area contributed by atoms with E-state index < -0.39 is 9.84 Å². The minimum absolute atomic E-state index is 0.390. The maximum atomic E-state index is 12.0. The Labute approximate surface area is 112 Å². The molecule has 3 rings (SSSR count). The van der Waals surface area contributed by atoms with Gasteiger partial charge < -0.3 is 0 Å². The Morgan fingerprint density at radius 1 is 1.22 bits per heavy atom. The van der Waals surface area contributed by atoms with Gasteiger partial charge in [-0.3, -0.25) is 4.90 Å². The molecule has 0 radical (unpaired) electrons. The fourth-order valence-corrected chi connectivity index (χ4v) is 4.25. The van der Waals surface area contributed by atoms with Crippen molar-refractivity contribution in [2.75, 3.05) is 19.6 Å². The van der Waals surface area contributed by atoms with E-state index in [0.717, 1.165) is 24.2 Å². The van der Waals surface area contributed by atoms with Crippen LogP contribution in [-0.4, -0.2) is 33.0 Å². The molecule has 0 aromatic heterocycles. The van der Waals surface area contributed by atoms with Crippen molar-refractivity contribution in [3.05, 3.63) is 34.2 Å². The van der Waals surface area contributed by atoms with Crippen LogP contribution in [-0.2, 0) is 9.84 Å². The summed E-state index contributed by atoms with van der Waals surface area (Å²) in [5.74, 6) is 0. The number of likely N-dealkylation sites (tertiary alicyclic amines) is 1. The van der Waals surface area contributed by atoms with Gasteiger partial charge in [0.2, 0.25) is 9.84 Å². The SMILES string of the molecule is O=S1(=O)C=C(CN2CCCC2)c2cc(Cl)ccc21. The lowest BCUT2D eigenvalue weighted by molar-refractivity contribution is 0.383. The number of fused-ring (bicyclic) bond motifs is 1. The summed E-state index contributed by atoms with van der Waals surface area (Å²) in [6, 6.07) is 4.98. The summed E-state index contributed by atoms with van der Waals surface area (Å²) in [5, 5.41) is 1.98. The molecule has 5 heteroatoms. The maximum absolute atomic E-state index is 12.0.